The van der Waals surface area contributed by atoms with Crippen molar-refractivity contribution in [3.05, 3.63) is 35.4 Å². The maximum atomic E-state index is 6.06. The standard InChI is InChI=1S/C23H38N4O.HI/c1-19-10-14-26(15-11-19)13-7-6-12-25-23(24-3)27-16-17-28-22(18-27)21-9-5-4-8-20(21)2;/h4-5,8-9,19,22H,6-7,10-18H2,1-3H3,(H,24,25);1H. The zero-order valence-corrected chi connectivity index (χ0v) is 20.7. The highest BCUT2D eigenvalue weighted by Crippen LogP contribution is 2.25. The highest BCUT2D eigenvalue weighted by molar-refractivity contribution is 14.0. The number of hydrogen-bond acceptors (Lipinski definition) is 3. The Hall–Kier alpha value is -0.860. The normalized spacial score (nSPS) is 21.7. The van der Waals surface area contributed by atoms with Crippen LogP contribution in [0.25, 0.3) is 0 Å². The van der Waals surface area contributed by atoms with Crippen molar-refractivity contribution in [2.75, 3.05) is 52.9 Å². The van der Waals surface area contributed by atoms with Crippen molar-refractivity contribution in [3.63, 3.8) is 0 Å². The molecule has 5 nitrogen and oxygen atoms in total. The molecule has 0 radical (unpaired) electrons. The fraction of sp³-hybridized carbons (Fsp3) is 0.696. The molecule has 2 aliphatic rings. The van der Waals surface area contributed by atoms with Gasteiger partial charge in [-0.15, -0.1) is 24.0 Å². The van der Waals surface area contributed by atoms with Crippen molar-refractivity contribution in [2.24, 2.45) is 10.9 Å². The first-order chi connectivity index (χ1) is 13.7. The Labute approximate surface area is 194 Å². The Morgan fingerprint density at radius 1 is 1.17 bits per heavy atom. The van der Waals surface area contributed by atoms with Gasteiger partial charge in [-0.2, -0.15) is 0 Å². The number of likely N-dealkylation sites (tertiary alicyclic amines) is 1. The van der Waals surface area contributed by atoms with E-state index in [1.807, 2.05) is 7.05 Å². The van der Waals surface area contributed by atoms with Crippen molar-refractivity contribution >= 4 is 29.9 Å². The summed E-state index contributed by atoms with van der Waals surface area (Å²) in [6.07, 6.45) is 5.30. The van der Waals surface area contributed by atoms with Crippen LogP contribution in [0.3, 0.4) is 0 Å². The first-order valence-electron chi connectivity index (χ1n) is 11.0. The third kappa shape index (κ3) is 7.40. The van der Waals surface area contributed by atoms with E-state index in [4.69, 9.17) is 4.74 Å². The summed E-state index contributed by atoms with van der Waals surface area (Å²) < 4.78 is 6.06. The van der Waals surface area contributed by atoms with Crippen LogP contribution in [0, 0.1) is 12.8 Å². The lowest BCUT2D eigenvalue weighted by molar-refractivity contribution is -0.00831. The average molecular weight is 514 g/mol. The summed E-state index contributed by atoms with van der Waals surface area (Å²) in [7, 11) is 1.88. The third-order valence-electron chi connectivity index (χ3n) is 6.17. The first kappa shape index (κ1) is 24.4. The Morgan fingerprint density at radius 3 is 2.66 bits per heavy atom. The number of ether oxygens (including phenoxy) is 1. The van der Waals surface area contributed by atoms with E-state index in [0.717, 1.165) is 38.1 Å². The second-order valence-electron chi connectivity index (χ2n) is 8.37. The summed E-state index contributed by atoms with van der Waals surface area (Å²) in [5.41, 5.74) is 2.59. The molecule has 164 valence electrons. The molecule has 1 aromatic carbocycles. The second kappa shape index (κ2) is 12.7. The van der Waals surface area contributed by atoms with E-state index >= 15 is 0 Å². The van der Waals surface area contributed by atoms with Crippen LogP contribution in [0.15, 0.2) is 29.3 Å². The number of piperidine rings is 1. The highest BCUT2D eigenvalue weighted by atomic mass is 127. The molecule has 2 heterocycles. The highest BCUT2D eigenvalue weighted by Gasteiger charge is 2.25. The van der Waals surface area contributed by atoms with Gasteiger partial charge in [0.2, 0.25) is 0 Å². The third-order valence-corrected chi connectivity index (χ3v) is 6.17. The van der Waals surface area contributed by atoms with E-state index in [2.05, 4.69) is 58.2 Å². The number of aryl methyl sites for hydroxylation is 1. The molecule has 0 spiro atoms. The molecule has 1 unspecified atom stereocenters. The molecule has 1 aromatic rings. The summed E-state index contributed by atoms with van der Waals surface area (Å²) in [6.45, 7) is 11.8. The summed E-state index contributed by atoms with van der Waals surface area (Å²) in [5, 5.41) is 3.57. The van der Waals surface area contributed by atoms with Gasteiger partial charge in [0, 0.05) is 20.1 Å². The quantitative estimate of drug-likeness (QED) is 0.269. The van der Waals surface area contributed by atoms with E-state index in [9.17, 15) is 0 Å². The van der Waals surface area contributed by atoms with Gasteiger partial charge < -0.3 is 19.9 Å². The van der Waals surface area contributed by atoms with Crippen LogP contribution >= 0.6 is 24.0 Å². The molecule has 6 heteroatoms. The number of nitrogens with one attached hydrogen (secondary N) is 1. The number of benzene rings is 1. The van der Waals surface area contributed by atoms with Gasteiger partial charge in [-0.1, -0.05) is 31.2 Å². The van der Waals surface area contributed by atoms with Crippen LogP contribution in [-0.4, -0.2) is 68.7 Å². The molecule has 0 aromatic heterocycles. The minimum absolute atomic E-state index is 0. The molecule has 2 saturated heterocycles. The lowest BCUT2D eigenvalue weighted by Crippen LogP contribution is -2.48. The smallest absolute Gasteiger partial charge is 0.193 e. The molecule has 0 bridgehead atoms. The molecule has 0 aliphatic carbocycles. The number of halogens is 1. The second-order valence-corrected chi connectivity index (χ2v) is 8.37. The fourth-order valence-corrected chi connectivity index (χ4v) is 4.26. The SMILES string of the molecule is CN=C(NCCCCN1CCC(C)CC1)N1CCOC(c2ccccc2C)C1.I. The summed E-state index contributed by atoms with van der Waals surface area (Å²) in [6, 6.07) is 8.53. The van der Waals surface area contributed by atoms with Crippen LogP contribution < -0.4 is 5.32 Å². The molecule has 1 N–H and O–H groups in total. The number of unbranched alkanes of at least 4 members (excludes halogenated alkanes) is 1. The predicted octanol–water partition coefficient (Wildman–Crippen LogP) is 4.07. The largest absolute Gasteiger partial charge is 0.370 e. The van der Waals surface area contributed by atoms with Gasteiger partial charge in [-0.05, 0) is 69.3 Å². The van der Waals surface area contributed by atoms with Gasteiger partial charge >= 0.3 is 0 Å². The number of rotatable bonds is 6. The lowest BCUT2D eigenvalue weighted by atomic mass is 9.99. The average Bonchev–Trinajstić information content (AvgIpc) is 2.72. The van der Waals surface area contributed by atoms with Gasteiger partial charge in [-0.3, -0.25) is 4.99 Å². The van der Waals surface area contributed by atoms with Crippen LogP contribution in [-0.2, 0) is 4.74 Å². The van der Waals surface area contributed by atoms with E-state index in [1.54, 1.807) is 0 Å². The number of morpholine rings is 1. The Bertz CT molecular complexity index is 631. The Kier molecular flexibility index (Phi) is 10.7. The summed E-state index contributed by atoms with van der Waals surface area (Å²) in [5.74, 6) is 1.92. The number of hydrogen-bond donors (Lipinski definition) is 1. The zero-order valence-electron chi connectivity index (χ0n) is 18.4. The van der Waals surface area contributed by atoms with Gasteiger partial charge in [0.1, 0.15) is 6.10 Å². The van der Waals surface area contributed by atoms with Crippen molar-refractivity contribution < 1.29 is 4.74 Å². The molecule has 2 aliphatic heterocycles. The first-order valence-corrected chi connectivity index (χ1v) is 11.0. The monoisotopic (exact) mass is 514 g/mol. The van der Waals surface area contributed by atoms with Gasteiger partial charge in [0.05, 0.1) is 13.2 Å². The molecule has 0 saturated carbocycles. The number of guanidine groups is 1. The van der Waals surface area contributed by atoms with Gasteiger partial charge in [-0.25, -0.2) is 0 Å². The van der Waals surface area contributed by atoms with Crippen LogP contribution in [0.2, 0.25) is 0 Å². The van der Waals surface area contributed by atoms with E-state index < -0.39 is 0 Å². The number of aliphatic imine (C=N–C) groups is 1. The maximum Gasteiger partial charge on any atom is 0.193 e. The number of nitrogens with zero attached hydrogens (tertiary/aromatic N) is 3. The summed E-state index contributed by atoms with van der Waals surface area (Å²) in [4.78, 5) is 9.49. The van der Waals surface area contributed by atoms with Crippen LogP contribution in [0.5, 0.6) is 0 Å². The molecular weight excluding hydrogens is 475 g/mol. The van der Waals surface area contributed by atoms with Crippen LogP contribution in [0.4, 0.5) is 0 Å². The topological polar surface area (TPSA) is 40.1 Å². The lowest BCUT2D eigenvalue weighted by Gasteiger charge is -2.35. The van der Waals surface area contributed by atoms with Crippen molar-refractivity contribution in [1.82, 2.24) is 15.1 Å². The van der Waals surface area contributed by atoms with Gasteiger partial charge in [0.25, 0.3) is 0 Å². The van der Waals surface area contributed by atoms with Crippen LogP contribution in [0.1, 0.15) is 49.8 Å². The Morgan fingerprint density at radius 2 is 1.93 bits per heavy atom. The minimum Gasteiger partial charge on any atom is -0.370 e. The van der Waals surface area contributed by atoms with E-state index in [1.165, 1.54) is 56.4 Å². The minimum atomic E-state index is 0. The zero-order chi connectivity index (χ0) is 19.8. The van der Waals surface area contributed by atoms with Crippen molar-refractivity contribution in [2.45, 2.75) is 45.6 Å². The molecule has 29 heavy (non-hydrogen) atoms. The van der Waals surface area contributed by atoms with E-state index in [0.29, 0.717) is 0 Å². The van der Waals surface area contributed by atoms with Gasteiger partial charge in [0.15, 0.2) is 5.96 Å². The summed E-state index contributed by atoms with van der Waals surface area (Å²) >= 11 is 0. The molecule has 2 fully saturated rings. The fourth-order valence-electron chi connectivity index (χ4n) is 4.26. The molecule has 0 amide bonds. The Balaban J connectivity index is 0.00000300. The maximum absolute atomic E-state index is 6.06. The van der Waals surface area contributed by atoms with Crippen molar-refractivity contribution in [3.8, 4) is 0 Å². The van der Waals surface area contributed by atoms with Crippen molar-refractivity contribution in [1.29, 1.82) is 0 Å². The molecule has 1 atom stereocenters. The molecule has 3 rings (SSSR count). The molecular formula is C23H39IN4O. The predicted molar refractivity (Wildman–Crippen MR) is 132 cm³/mol. The van der Waals surface area contributed by atoms with E-state index in [-0.39, 0.29) is 30.1 Å².